The minimum atomic E-state index is -4.64. The maximum Gasteiger partial charge on any atom is 0.437 e. The Balaban J connectivity index is 2.03. The number of rotatable bonds is 3. The Kier molecular flexibility index (Phi) is 6.21. The number of aromatic nitrogens is 2. The van der Waals surface area contributed by atoms with Gasteiger partial charge in [-0.1, -0.05) is 11.6 Å². The zero-order valence-corrected chi connectivity index (χ0v) is 15.5. The summed E-state index contributed by atoms with van der Waals surface area (Å²) in [6, 6.07) is 0.670. The molecule has 1 fully saturated rings. The summed E-state index contributed by atoms with van der Waals surface area (Å²) in [5.41, 5.74) is -1.93. The molecular weight excluding hydrogens is 373 g/mol. The highest BCUT2D eigenvalue weighted by Crippen LogP contribution is 2.35. The summed E-state index contributed by atoms with van der Waals surface area (Å²) in [5, 5.41) is 11.9. The van der Waals surface area contributed by atoms with Crippen molar-refractivity contribution in [3.05, 3.63) is 16.9 Å². The number of halogens is 4. The van der Waals surface area contributed by atoms with Crippen molar-refractivity contribution in [3.8, 4) is 0 Å². The first kappa shape index (κ1) is 20.5. The second kappa shape index (κ2) is 7.85. The summed E-state index contributed by atoms with van der Waals surface area (Å²) in [5.74, 6) is 0. The maximum absolute atomic E-state index is 13.1. The predicted octanol–water partition coefficient (Wildman–Crippen LogP) is 4.40. The molecule has 1 saturated carbocycles. The van der Waals surface area contributed by atoms with Crippen LogP contribution < -0.4 is 10.6 Å². The summed E-state index contributed by atoms with van der Waals surface area (Å²) in [6.45, 7) is 5.28. The van der Waals surface area contributed by atoms with Gasteiger partial charge in [-0.15, -0.1) is 10.2 Å². The highest BCUT2D eigenvalue weighted by Gasteiger charge is 2.37. The summed E-state index contributed by atoms with van der Waals surface area (Å²) in [6.07, 6.45) is -2.54. The van der Waals surface area contributed by atoms with Gasteiger partial charge in [0.05, 0.1) is 5.69 Å². The lowest BCUT2D eigenvalue weighted by atomic mass is 9.91. The quantitative estimate of drug-likeness (QED) is 0.794. The molecule has 0 saturated heterocycles. The molecule has 0 aliphatic heterocycles. The van der Waals surface area contributed by atoms with Gasteiger partial charge in [0.2, 0.25) is 0 Å². The monoisotopic (exact) mass is 394 g/mol. The fraction of sp³-hybridized carbons (Fsp3) is 0.688. The van der Waals surface area contributed by atoms with E-state index >= 15 is 0 Å². The van der Waals surface area contributed by atoms with Gasteiger partial charge in [-0.3, -0.25) is 0 Å². The van der Waals surface area contributed by atoms with Crippen molar-refractivity contribution >= 4 is 23.4 Å². The van der Waals surface area contributed by atoms with E-state index in [1.54, 1.807) is 20.8 Å². The molecule has 1 aromatic rings. The molecule has 1 aliphatic rings. The van der Waals surface area contributed by atoms with E-state index in [4.69, 9.17) is 16.3 Å². The van der Waals surface area contributed by atoms with Crippen LogP contribution in [0.3, 0.4) is 0 Å². The van der Waals surface area contributed by atoms with Gasteiger partial charge in [-0.05, 0) is 46.5 Å². The second-order valence-electron chi connectivity index (χ2n) is 7.28. The van der Waals surface area contributed by atoms with E-state index in [0.29, 0.717) is 12.8 Å². The maximum atomic E-state index is 13.1. The number of alkyl halides is 3. The largest absolute Gasteiger partial charge is 0.444 e. The van der Waals surface area contributed by atoms with Crippen molar-refractivity contribution in [1.82, 2.24) is 15.5 Å². The van der Waals surface area contributed by atoms with Crippen LogP contribution in [0.4, 0.5) is 23.7 Å². The number of alkyl carbamates (subject to hydrolysis) is 1. The Bertz CT molecular complexity index is 649. The van der Waals surface area contributed by atoms with E-state index < -0.39 is 23.6 Å². The van der Waals surface area contributed by atoms with Gasteiger partial charge in [0.15, 0.2) is 10.8 Å². The van der Waals surface area contributed by atoms with Crippen LogP contribution >= 0.6 is 11.6 Å². The number of ether oxygens (including phenoxy) is 1. The third kappa shape index (κ3) is 6.19. The molecule has 0 radical (unpaired) electrons. The van der Waals surface area contributed by atoms with E-state index in [1.807, 2.05) is 0 Å². The average molecular weight is 395 g/mol. The average Bonchev–Trinajstić information content (AvgIpc) is 2.44. The zero-order chi connectivity index (χ0) is 19.5. The van der Waals surface area contributed by atoms with E-state index in [9.17, 15) is 18.0 Å². The van der Waals surface area contributed by atoms with Crippen molar-refractivity contribution in [2.24, 2.45) is 0 Å². The number of hydrogen-bond acceptors (Lipinski definition) is 5. The van der Waals surface area contributed by atoms with Crippen molar-refractivity contribution in [2.75, 3.05) is 5.32 Å². The molecule has 1 amide bonds. The topological polar surface area (TPSA) is 76.1 Å². The molecule has 146 valence electrons. The number of nitrogens with one attached hydrogen (secondary N) is 2. The lowest BCUT2D eigenvalue weighted by Gasteiger charge is -2.32. The Morgan fingerprint density at radius 1 is 1.23 bits per heavy atom. The van der Waals surface area contributed by atoms with Gasteiger partial charge >= 0.3 is 12.3 Å². The third-order valence-electron chi connectivity index (χ3n) is 3.79. The van der Waals surface area contributed by atoms with Gasteiger partial charge in [0, 0.05) is 18.2 Å². The first-order valence-electron chi connectivity index (χ1n) is 8.30. The van der Waals surface area contributed by atoms with Crippen molar-refractivity contribution in [1.29, 1.82) is 0 Å². The molecule has 0 spiro atoms. The molecular formula is C16H22ClF3N4O2. The first-order chi connectivity index (χ1) is 11.9. The highest BCUT2D eigenvalue weighted by molar-refractivity contribution is 6.29. The van der Waals surface area contributed by atoms with Crippen LogP contribution in [0.1, 0.15) is 52.1 Å². The molecule has 0 bridgehead atoms. The number of nitrogens with zero attached hydrogens (tertiary/aromatic N) is 2. The van der Waals surface area contributed by atoms with Crippen LogP contribution in [0.2, 0.25) is 5.15 Å². The Morgan fingerprint density at radius 3 is 2.50 bits per heavy atom. The van der Waals surface area contributed by atoms with Gasteiger partial charge in [-0.25, -0.2) is 4.79 Å². The lowest BCUT2D eigenvalue weighted by Crippen LogP contribution is -2.44. The molecule has 26 heavy (non-hydrogen) atoms. The lowest BCUT2D eigenvalue weighted by molar-refractivity contribution is -0.141. The van der Waals surface area contributed by atoms with E-state index in [1.165, 1.54) is 0 Å². The summed E-state index contributed by atoms with van der Waals surface area (Å²) in [4.78, 5) is 11.9. The van der Waals surface area contributed by atoms with Crippen molar-refractivity contribution in [2.45, 2.75) is 70.3 Å². The van der Waals surface area contributed by atoms with Gasteiger partial charge in [0.25, 0.3) is 0 Å². The molecule has 1 aliphatic carbocycles. The van der Waals surface area contributed by atoms with Crippen LogP contribution in [0.25, 0.3) is 0 Å². The van der Waals surface area contributed by atoms with Crippen molar-refractivity contribution in [3.63, 3.8) is 0 Å². The Morgan fingerprint density at radius 2 is 1.88 bits per heavy atom. The third-order valence-corrected chi connectivity index (χ3v) is 3.97. The Labute approximate surface area is 154 Å². The van der Waals surface area contributed by atoms with Crippen molar-refractivity contribution < 1.29 is 22.7 Å². The minimum Gasteiger partial charge on any atom is -0.444 e. The Hall–Kier alpha value is -1.77. The molecule has 0 aromatic carbocycles. The smallest absolute Gasteiger partial charge is 0.437 e. The molecule has 1 aromatic heterocycles. The molecule has 2 rings (SSSR count). The fourth-order valence-electron chi connectivity index (χ4n) is 2.83. The molecule has 10 heteroatoms. The molecule has 2 unspecified atom stereocenters. The van der Waals surface area contributed by atoms with Gasteiger partial charge < -0.3 is 15.4 Å². The van der Waals surface area contributed by atoms with Crippen LogP contribution in [0, 0.1) is 0 Å². The van der Waals surface area contributed by atoms with Gasteiger partial charge in [-0.2, -0.15) is 13.2 Å². The fourth-order valence-corrected chi connectivity index (χ4v) is 2.98. The summed E-state index contributed by atoms with van der Waals surface area (Å²) in [7, 11) is 0. The number of hydrogen-bond donors (Lipinski definition) is 2. The predicted molar refractivity (Wildman–Crippen MR) is 91.1 cm³/mol. The first-order valence-corrected chi connectivity index (χ1v) is 8.68. The van der Waals surface area contributed by atoms with Gasteiger partial charge in [0.1, 0.15) is 5.60 Å². The molecule has 6 nitrogen and oxygen atoms in total. The minimum absolute atomic E-state index is 0.125. The SMILES string of the molecule is CC(C)(C)OC(=O)NC1CCCC(Nc2cc(Cl)nnc2C(F)(F)F)C1. The van der Waals surface area contributed by atoms with Crippen LogP contribution in [-0.4, -0.2) is 34.0 Å². The molecule has 2 atom stereocenters. The van der Waals surface area contributed by atoms with E-state index in [0.717, 1.165) is 18.9 Å². The number of carbonyl (C=O) groups is 1. The normalized spacial score (nSPS) is 21.2. The van der Waals surface area contributed by atoms with Crippen LogP contribution in [0.15, 0.2) is 6.07 Å². The summed E-state index contributed by atoms with van der Waals surface area (Å²) < 4.78 is 44.5. The van der Waals surface area contributed by atoms with E-state index in [-0.39, 0.29) is 22.9 Å². The highest BCUT2D eigenvalue weighted by atomic mass is 35.5. The molecule has 1 heterocycles. The summed E-state index contributed by atoms with van der Waals surface area (Å²) >= 11 is 5.69. The second-order valence-corrected chi connectivity index (χ2v) is 7.67. The number of anilines is 1. The standard InChI is InChI=1S/C16H22ClF3N4O2/c1-15(2,3)26-14(25)22-10-6-4-5-9(7-10)21-11-8-12(17)23-24-13(11)16(18,19)20/h8-10H,4-7H2,1-3H3,(H,21,23)(H,22,25). The number of amides is 1. The number of carbonyl (C=O) groups excluding carboxylic acids is 1. The van der Waals surface area contributed by atoms with Crippen LogP contribution in [-0.2, 0) is 10.9 Å². The molecule has 2 N–H and O–H groups in total. The zero-order valence-electron chi connectivity index (χ0n) is 14.8. The van der Waals surface area contributed by atoms with E-state index in [2.05, 4.69) is 20.8 Å². The van der Waals surface area contributed by atoms with Crippen LogP contribution in [0.5, 0.6) is 0 Å².